The van der Waals surface area contributed by atoms with Crippen molar-refractivity contribution in [2.24, 2.45) is 0 Å². The number of anilines is 1. The van der Waals surface area contributed by atoms with E-state index in [4.69, 9.17) is 16.3 Å². The number of ether oxygens (including phenoxy) is 1. The van der Waals surface area contributed by atoms with Gasteiger partial charge in [-0.25, -0.2) is 17.1 Å². The van der Waals surface area contributed by atoms with E-state index in [1.165, 1.54) is 57.6 Å². The van der Waals surface area contributed by atoms with Gasteiger partial charge in [0.05, 0.1) is 17.0 Å². The quantitative estimate of drug-likeness (QED) is 0.547. The van der Waals surface area contributed by atoms with Gasteiger partial charge in [-0.3, -0.25) is 4.79 Å². The highest BCUT2D eigenvalue weighted by molar-refractivity contribution is 7.89. The third kappa shape index (κ3) is 5.32. The molecule has 0 radical (unpaired) electrons. The molecule has 0 saturated carbocycles. The number of hydrogen-bond donors (Lipinski definition) is 1. The van der Waals surface area contributed by atoms with Crippen molar-refractivity contribution >= 4 is 39.3 Å². The zero-order valence-electron chi connectivity index (χ0n) is 19.9. The first-order valence-electron chi connectivity index (χ1n) is 11.4. The number of halogens is 2. The Labute approximate surface area is 210 Å². The van der Waals surface area contributed by atoms with Crippen LogP contribution >= 0.6 is 11.6 Å². The monoisotopic (exact) mass is 521 g/mol. The van der Waals surface area contributed by atoms with Crippen LogP contribution in [0.25, 0.3) is 6.08 Å². The van der Waals surface area contributed by atoms with Gasteiger partial charge in [0, 0.05) is 44.0 Å². The second kappa shape index (κ2) is 10.2. The lowest BCUT2D eigenvalue weighted by molar-refractivity contribution is -0.130. The molecule has 2 heterocycles. The van der Waals surface area contributed by atoms with Gasteiger partial charge in [-0.2, -0.15) is 0 Å². The molecule has 2 fully saturated rings. The molecule has 2 aromatic rings. The molecule has 0 aliphatic carbocycles. The Morgan fingerprint density at radius 1 is 1.17 bits per heavy atom. The lowest BCUT2D eigenvalue weighted by atomic mass is 9.96. The largest absolute Gasteiger partial charge is 0.495 e. The predicted molar refractivity (Wildman–Crippen MR) is 135 cm³/mol. The minimum absolute atomic E-state index is 0.00234. The first-order chi connectivity index (χ1) is 16.6. The average molecular weight is 522 g/mol. The van der Waals surface area contributed by atoms with Gasteiger partial charge in [-0.1, -0.05) is 11.6 Å². The highest BCUT2D eigenvalue weighted by Gasteiger charge is 2.42. The van der Waals surface area contributed by atoms with Crippen LogP contribution in [0, 0.1) is 5.82 Å². The Bertz CT molecular complexity index is 1220. The van der Waals surface area contributed by atoms with Crippen molar-refractivity contribution in [2.45, 2.75) is 48.7 Å². The SMILES string of the molecule is COc1cc(/C=C/C(=O)N2[C@@H]3CC[C@H]2C[C@H](Nc2ccc(F)cc2)C3)c(S(=O)(=O)N(C)C)cc1Cl. The summed E-state index contributed by atoms with van der Waals surface area (Å²) < 4.78 is 45.2. The Kier molecular flexibility index (Phi) is 7.40. The van der Waals surface area contributed by atoms with Gasteiger partial charge in [-0.15, -0.1) is 0 Å². The molecule has 35 heavy (non-hydrogen) atoms. The van der Waals surface area contributed by atoms with E-state index in [0.717, 1.165) is 35.7 Å². The fourth-order valence-electron chi connectivity index (χ4n) is 4.94. The maximum atomic E-state index is 13.2. The van der Waals surface area contributed by atoms with Crippen LogP contribution in [0.1, 0.15) is 31.2 Å². The fraction of sp³-hybridized carbons (Fsp3) is 0.400. The first-order valence-corrected chi connectivity index (χ1v) is 13.2. The van der Waals surface area contributed by atoms with Crippen LogP contribution in [0.5, 0.6) is 5.75 Å². The lowest BCUT2D eigenvalue weighted by Crippen LogP contribution is -2.49. The number of piperidine rings is 1. The summed E-state index contributed by atoms with van der Waals surface area (Å²) in [6, 6.07) is 9.54. The molecule has 7 nitrogen and oxygen atoms in total. The molecule has 2 aromatic carbocycles. The summed E-state index contributed by atoms with van der Waals surface area (Å²) in [5.41, 5.74) is 1.19. The number of hydrogen-bond acceptors (Lipinski definition) is 5. The maximum Gasteiger partial charge on any atom is 0.247 e. The molecule has 2 bridgehead atoms. The molecule has 4 rings (SSSR count). The zero-order chi connectivity index (χ0) is 25.3. The standard InChI is InChI=1S/C25H29ClFN3O4S/c1-29(2)35(32,33)24-15-22(26)23(34-3)12-16(24)4-11-25(31)30-20-9-10-21(30)14-19(13-20)28-18-7-5-17(27)6-8-18/h4-8,11-12,15,19-21,28H,9-10,13-14H2,1-3H3/b11-4+/t19-,20-,21+. The summed E-state index contributed by atoms with van der Waals surface area (Å²) in [6.07, 6.45) is 6.36. The fourth-order valence-corrected chi connectivity index (χ4v) is 6.33. The van der Waals surface area contributed by atoms with Crippen LogP contribution in [-0.2, 0) is 14.8 Å². The van der Waals surface area contributed by atoms with E-state index in [2.05, 4.69) is 5.32 Å². The Morgan fingerprint density at radius 3 is 2.37 bits per heavy atom. The summed E-state index contributed by atoms with van der Waals surface area (Å²) in [6.45, 7) is 0. The third-order valence-corrected chi connectivity index (χ3v) is 8.82. The second-order valence-corrected chi connectivity index (χ2v) is 11.6. The molecule has 188 valence electrons. The van der Waals surface area contributed by atoms with Crippen LogP contribution in [0.15, 0.2) is 47.4 Å². The predicted octanol–water partition coefficient (Wildman–Crippen LogP) is 4.39. The molecule has 2 saturated heterocycles. The average Bonchev–Trinajstić information content (AvgIpc) is 3.09. The van der Waals surface area contributed by atoms with Crippen molar-refractivity contribution in [3.05, 3.63) is 58.9 Å². The van der Waals surface area contributed by atoms with Gasteiger partial charge < -0.3 is 15.0 Å². The molecule has 0 unspecified atom stereocenters. The number of benzene rings is 2. The number of sulfonamides is 1. The molecule has 0 aromatic heterocycles. The van der Waals surface area contributed by atoms with E-state index in [9.17, 15) is 17.6 Å². The van der Waals surface area contributed by atoms with E-state index < -0.39 is 10.0 Å². The second-order valence-electron chi connectivity index (χ2n) is 9.10. The van der Waals surface area contributed by atoms with E-state index >= 15 is 0 Å². The molecule has 0 spiro atoms. The summed E-state index contributed by atoms with van der Waals surface area (Å²) in [4.78, 5) is 15.1. The summed E-state index contributed by atoms with van der Waals surface area (Å²) >= 11 is 6.19. The van der Waals surface area contributed by atoms with Gasteiger partial charge >= 0.3 is 0 Å². The highest BCUT2D eigenvalue weighted by Crippen LogP contribution is 2.37. The van der Waals surface area contributed by atoms with E-state index in [0.29, 0.717) is 11.3 Å². The van der Waals surface area contributed by atoms with Crippen molar-refractivity contribution in [2.75, 3.05) is 26.5 Å². The van der Waals surface area contributed by atoms with Crippen molar-refractivity contribution in [3.63, 3.8) is 0 Å². The first kappa shape index (κ1) is 25.5. The zero-order valence-corrected chi connectivity index (χ0v) is 21.4. The number of nitrogens with one attached hydrogen (secondary N) is 1. The van der Waals surface area contributed by atoms with Crippen LogP contribution in [0.2, 0.25) is 5.02 Å². The molecule has 1 amide bonds. The van der Waals surface area contributed by atoms with Crippen LogP contribution < -0.4 is 10.1 Å². The number of nitrogens with zero attached hydrogens (tertiary/aromatic N) is 2. The molecular weight excluding hydrogens is 493 g/mol. The van der Waals surface area contributed by atoms with Crippen molar-refractivity contribution < 1.29 is 22.3 Å². The minimum atomic E-state index is -3.79. The smallest absolute Gasteiger partial charge is 0.247 e. The normalized spacial score (nSPS) is 22.1. The molecular formula is C25H29ClFN3O4S. The Hall–Kier alpha value is -2.62. The molecule has 1 N–H and O–H groups in total. The highest BCUT2D eigenvalue weighted by atomic mass is 35.5. The number of amides is 1. The summed E-state index contributed by atoms with van der Waals surface area (Å²) in [5.74, 6) is -0.105. The van der Waals surface area contributed by atoms with Crippen molar-refractivity contribution in [1.29, 1.82) is 0 Å². The van der Waals surface area contributed by atoms with Crippen molar-refractivity contribution in [1.82, 2.24) is 9.21 Å². The Balaban J connectivity index is 1.52. The van der Waals surface area contributed by atoms with Gasteiger partial charge in [0.15, 0.2) is 0 Å². The topological polar surface area (TPSA) is 79.0 Å². The van der Waals surface area contributed by atoms with Crippen LogP contribution in [-0.4, -0.2) is 62.9 Å². The molecule has 2 aliphatic rings. The van der Waals surface area contributed by atoms with Crippen LogP contribution in [0.3, 0.4) is 0 Å². The summed E-state index contributed by atoms with van der Waals surface area (Å²) in [7, 11) is 0.532. The van der Waals surface area contributed by atoms with E-state index in [-0.39, 0.29) is 39.8 Å². The van der Waals surface area contributed by atoms with Gasteiger partial charge in [0.2, 0.25) is 15.9 Å². The number of rotatable bonds is 7. The van der Waals surface area contributed by atoms with Gasteiger partial charge in [-0.05, 0) is 73.7 Å². The number of fused-ring (bicyclic) bond motifs is 2. The number of carbonyl (C=O) groups excluding carboxylic acids is 1. The minimum Gasteiger partial charge on any atom is -0.495 e. The molecule has 2 aliphatic heterocycles. The number of methoxy groups -OCH3 is 1. The number of carbonyl (C=O) groups is 1. The van der Waals surface area contributed by atoms with E-state index in [1.54, 1.807) is 12.1 Å². The van der Waals surface area contributed by atoms with Gasteiger partial charge in [0.25, 0.3) is 0 Å². The molecule has 10 heteroatoms. The van der Waals surface area contributed by atoms with E-state index in [1.807, 2.05) is 4.90 Å². The van der Waals surface area contributed by atoms with Crippen molar-refractivity contribution in [3.8, 4) is 5.75 Å². The van der Waals surface area contributed by atoms with Gasteiger partial charge in [0.1, 0.15) is 11.6 Å². The third-order valence-electron chi connectivity index (χ3n) is 6.65. The van der Waals surface area contributed by atoms with Crippen LogP contribution in [0.4, 0.5) is 10.1 Å². The lowest BCUT2D eigenvalue weighted by Gasteiger charge is -2.39. The molecule has 3 atom stereocenters. The Morgan fingerprint density at radius 2 is 1.80 bits per heavy atom. The summed E-state index contributed by atoms with van der Waals surface area (Å²) in [5, 5.41) is 3.63. The maximum absolute atomic E-state index is 13.2.